The van der Waals surface area contributed by atoms with Crippen LogP contribution in [0.4, 0.5) is 5.82 Å². The number of morpholine rings is 1. The second kappa shape index (κ2) is 9.89. The number of hydrogen-bond acceptors (Lipinski definition) is 7. The van der Waals surface area contributed by atoms with E-state index in [1.54, 1.807) is 11.3 Å². The summed E-state index contributed by atoms with van der Waals surface area (Å²) >= 11 is 3.72. The molecule has 3 aromatic rings. The molecule has 154 valence electrons. The molecule has 0 bridgehead atoms. The van der Waals surface area contributed by atoms with Gasteiger partial charge >= 0.3 is 0 Å². The number of thiophene rings is 1. The fraction of sp³-hybridized carbons (Fsp3) is 0.455. The molecule has 5 nitrogen and oxygen atoms in total. The standard InChI is InChI=1S/C22H28N4OS2/c1-16-17(2)29-22-20(16)21(23-8-13-28-15-18-6-4-3-5-7-18)24-19(25-22)14-26-9-11-27-12-10-26/h3-7H,8-15H2,1-2H3,(H,23,24,25). The fourth-order valence-electron chi connectivity index (χ4n) is 3.46. The molecule has 0 atom stereocenters. The van der Waals surface area contributed by atoms with E-state index >= 15 is 0 Å². The summed E-state index contributed by atoms with van der Waals surface area (Å²) in [6, 6.07) is 10.6. The minimum atomic E-state index is 0.784. The van der Waals surface area contributed by atoms with Gasteiger partial charge in [-0.3, -0.25) is 4.90 Å². The van der Waals surface area contributed by atoms with Crippen LogP contribution in [0.5, 0.6) is 0 Å². The normalized spacial score (nSPS) is 15.1. The first-order valence-corrected chi connectivity index (χ1v) is 12.1. The Bertz CT molecular complexity index is 939. The van der Waals surface area contributed by atoms with Gasteiger partial charge in [0.15, 0.2) is 0 Å². The van der Waals surface area contributed by atoms with Crippen LogP contribution in [-0.2, 0) is 17.0 Å². The van der Waals surface area contributed by atoms with Crippen molar-refractivity contribution in [3.8, 4) is 0 Å². The summed E-state index contributed by atoms with van der Waals surface area (Å²) < 4.78 is 5.46. The molecule has 0 aliphatic carbocycles. The summed E-state index contributed by atoms with van der Waals surface area (Å²) in [6.07, 6.45) is 0. The summed E-state index contributed by atoms with van der Waals surface area (Å²) in [5.41, 5.74) is 2.67. The molecule has 7 heteroatoms. The summed E-state index contributed by atoms with van der Waals surface area (Å²) in [5.74, 6) is 3.97. The lowest BCUT2D eigenvalue weighted by molar-refractivity contribution is 0.0331. The first-order chi connectivity index (χ1) is 14.2. The molecular formula is C22H28N4OS2. The SMILES string of the molecule is Cc1sc2nc(CN3CCOCC3)nc(NCCSCc3ccccc3)c2c1C. The third-order valence-electron chi connectivity index (χ3n) is 5.19. The lowest BCUT2D eigenvalue weighted by Gasteiger charge is -2.25. The van der Waals surface area contributed by atoms with Gasteiger partial charge in [-0.05, 0) is 25.0 Å². The van der Waals surface area contributed by atoms with Crippen molar-refractivity contribution in [3.63, 3.8) is 0 Å². The zero-order valence-electron chi connectivity index (χ0n) is 17.1. The molecule has 1 saturated heterocycles. The minimum absolute atomic E-state index is 0.784. The summed E-state index contributed by atoms with van der Waals surface area (Å²) in [5, 5.41) is 4.78. The maximum Gasteiger partial charge on any atom is 0.146 e. The van der Waals surface area contributed by atoms with Crippen molar-refractivity contribution in [1.29, 1.82) is 0 Å². The third-order valence-corrected chi connectivity index (χ3v) is 7.33. The Hall–Kier alpha value is -1.67. The van der Waals surface area contributed by atoms with E-state index < -0.39 is 0 Å². The third kappa shape index (κ3) is 5.28. The van der Waals surface area contributed by atoms with Crippen molar-refractivity contribution in [3.05, 3.63) is 52.2 Å². The molecule has 2 aromatic heterocycles. The van der Waals surface area contributed by atoms with Crippen LogP contribution in [0.3, 0.4) is 0 Å². The maximum atomic E-state index is 5.46. The van der Waals surface area contributed by atoms with Crippen LogP contribution in [0.15, 0.2) is 30.3 Å². The predicted molar refractivity (Wildman–Crippen MR) is 124 cm³/mol. The van der Waals surface area contributed by atoms with E-state index in [1.807, 2.05) is 11.8 Å². The smallest absolute Gasteiger partial charge is 0.146 e. The Morgan fingerprint density at radius 1 is 1.14 bits per heavy atom. The van der Waals surface area contributed by atoms with E-state index in [0.29, 0.717) is 0 Å². The lowest BCUT2D eigenvalue weighted by atomic mass is 10.2. The monoisotopic (exact) mass is 428 g/mol. The second-order valence-corrected chi connectivity index (χ2v) is 9.61. The van der Waals surface area contributed by atoms with E-state index in [-0.39, 0.29) is 0 Å². The molecule has 1 aromatic carbocycles. The highest BCUT2D eigenvalue weighted by molar-refractivity contribution is 7.98. The van der Waals surface area contributed by atoms with Gasteiger partial charge < -0.3 is 10.1 Å². The molecular weight excluding hydrogens is 400 g/mol. The highest BCUT2D eigenvalue weighted by Crippen LogP contribution is 2.33. The van der Waals surface area contributed by atoms with Gasteiger partial charge in [-0.1, -0.05) is 30.3 Å². The minimum Gasteiger partial charge on any atom is -0.379 e. The maximum absolute atomic E-state index is 5.46. The summed E-state index contributed by atoms with van der Waals surface area (Å²) in [6.45, 7) is 9.51. The van der Waals surface area contributed by atoms with Crippen molar-refractivity contribution < 1.29 is 4.74 Å². The van der Waals surface area contributed by atoms with Gasteiger partial charge in [-0.25, -0.2) is 9.97 Å². The highest BCUT2D eigenvalue weighted by Gasteiger charge is 2.17. The Labute approximate surface area is 180 Å². The van der Waals surface area contributed by atoms with E-state index in [1.165, 1.54) is 21.4 Å². The zero-order chi connectivity index (χ0) is 20.1. The van der Waals surface area contributed by atoms with E-state index in [9.17, 15) is 0 Å². The van der Waals surface area contributed by atoms with Crippen molar-refractivity contribution in [2.45, 2.75) is 26.1 Å². The molecule has 0 unspecified atom stereocenters. The Morgan fingerprint density at radius 2 is 1.93 bits per heavy atom. The van der Waals surface area contributed by atoms with Crippen molar-refractivity contribution in [2.24, 2.45) is 0 Å². The molecule has 1 aliphatic rings. The van der Waals surface area contributed by atoms with Crippen molar-refractivity contribution in [2.75, 3.05) is 43.9 Å². The molecule has 3 heterocycles. The van der Waals surface area contributed by atoms with Gasteiger partial charge in [0.25, 0.3) is 0 Å². The second-order valence-electron chi connectivity index (χ2n) is 7.31. The number of ether oxygens (including phenoxy) is 1. The fourth-order valence-corrected chi connectivity index (χ4v) is 5.32. The van der Waals surface area contributed by atoms with E-state index in [4.69, 9.17) is 14.7 Å². The molecule has 0 saturated carbocycles. The zero-order valence-corrected chi connectivity index (χ0v) is 18.7. The Balaban J connectivity index is 1.43. The highest BCUT2D eigenvalue weighted by atomic mass is 32.2. The molecule has 4 rings (SSSR count). The number of aromatic nitrogens is 2. The number of hydrogen-bond donors (Lipinski definition) is 1. The molecule has 1 aliphatic heterocycles. The van der Waals surface area contributed by atoms with Crippen molar-refractivity contribution in [1.82, 2.24) is 14.9 Å². The molecule has 1 fully saturated rings. The molecule has 0 spiro atoms. The first kappa shape index (κ1) is 20.6. The number of aryl methyl sites for hydroxylation is 2. The molecule has 1 N–H and O–H groups in total. The summed E-state index contributed by atoms with van der Waals surface area (Å²) in [7, 11) is 0. The van der Waals surface area contributed by atoms with E-state index in [2.05, 4.69) is 54.4 Å². The molecule has 29 heavy (non-hydrogen) atoms. The number of nitrogens with zero attached hydrogens (tertiary/aromatic N) is 3. The number of anilines is 1. The molecule has 0 radical (unpaired) electrons. The largest absolute Gasteiger partial charge is 0.379 e. The van der Waals surface area contributed by atoms with Gasteiger partial charge in [-0.15, -0.1) is 11.3 Å². The van der Waals surface area contributed by atoms with Gasteiger partial charge in [-0.2, -0.15) is 11.8 Å². The van der Waals surface area contributed by atoms with Crippen LogP contribution in [0.2, 0.25) is 0 Å². The number of rotatable bonds is 8. The van der Waals surface area contributed by atoms with Gasteiger partial charge in [0, 0.05) is 36.0 Å². The predicted octanol–water partition coefficient (Wildman–Crippen LogP) is 4.49. The number of thioether (sulfide) groups is 1. The van der Waals surface area contributed by atoms with Crippen LogP contribution in [0.1, 0.15) is 21.8 Å². The number of nitrogens with one attached hydrogen (secondary N) is 1. The summed E-state index contributed by atoms with van der Waals surface area (Å²) in [4.78, 5) is 14.6. The number of fused-ring (bicyclic) bond motifs is 1. The van der Waals surface area contributed by atoms with Crippen LogP contribution in [0, 0.1) is 13.8 Å². The van der Waals surface area contributed by atoms with Gasteiger partial charge in [0.1, 0.15) is 16.5 Å². The van der Waals surface area contributed by atoms with Crippen LogP contribution >= 0.6 is 23.1 Å². The Morgan fingerprint density at radius 3 is 2.72 bits per heavy atom. The van der Waals surface area contributed by atoms with E-state index in [0.717, 1.165) is 67.4 Å². The number of benzene rings is 1. The topological polar surface area (TPSA) is 50.3 Å². The quantitative estimate of drug-likeness (QED) is 0.534. The average Bonchev–Trinajstić information content (AvgIpc) is 3.03. The van der Waals surface area contributed by atoms with Crippen molar-refractivity contribution >= 4 is 39.1 Å². The van der Waals surface area contributed by atoms with Gasteiger partial charge in [0.05, 0.1) is 25.1 Å². The van der Waals surface area contributed by atoms with Crippen LogP contribution in [0.25, 0.3) is 10.2 Å². The van der Waals surface area contributed by atoms with Crippen LogP contribution in [-0.4, -0.2) is 53.5 Å². The first-order valence-electron chi connectivity index (χ1n) is 10.1. The lowest BCUT2D eigenvalue weighted by Crippen LogP contribution is -2.36. The average molecular weight is 429 g/mol. The molecule has 0 amide bonds. The van der Waals surface area contributed by atoms with Gasteiger partial charge in [0.2, 0.25) is 0 Å². The Kier molecular flexibility index (Phi) is 7.02. The van der Waals surface area contributed by atoms with Crippen LogP contribution < -0.4 is 5.32 Å².